The van der Waals surface area contributed by atoms with Crippen molar-refractivity contribution in [3.05, 3.63) is 0 Å². The van der Waals surface area contributed by atoms with Gasteiger partial charge in [-0.2, -0.15) is 0 Å². The molecule has 118 valence electrons. The number of hydrogen-bond donors (Lipinski definition) is 1. The predicted octanol–water partition coefficient (Wildman–Crippen LogP) is 5.54. The molecular formula is C19H37N. The summed E-state index contributed by atoms with van der Waals surface area (Å²) in [4.78, 5) is 0. The second kappa shape index (κ2) is 7.29. The van der Waals surface area contributed by atoms with E-state index in [1.54, 1.807) is 0 Å². The Kier molecular flexibility index (Phi) is 5.95. The summed E-state index contributed by atoms with van der Waals surface area (Å²) >= 11 is 0. The molecule has 2 unspecified atom stereocenters. The zero-order valence-corrected chi connectivity index (χ0v) is 14.4. The largest absolute Gasteiger partial charge is 0.311 e. The van der Waals surface area contributed by atoms with Gasteiger partial charge in [0, 0.05) is 12.1 Å². The normalized spacial score (nSPS) is 31.8. The van der Waals surface area contributed by atoms with Gasteiger partial charge in [-0.15, -0.1) is 0 Å². The molecular weight excluding hydrogens is 242 g/mol. The van der Waals surface area contributed by atoms with Crippen LogP contribution in [0.3, 0.4) is 0 Å². The molecule has 0 aromatic heterocycles. The highest BCUT2D eigenvalue weighted by Gasteiger charge is 2.29. The summed E-state index contributed by atoms with van der Waals surface area (Å²) in [6.45, 7) is 9.73. The van der Waals surface area contributed by atoms with Gasteiger partial charge in [-0.1, -0.05) is 46.5 Å². The zero-order chi connectivity index (χ0) is 14.6. The minimum atomic E-state index is 0.504. The van der Waals surface area contributed by atoms with Gasteiger partial charge >= 0.3 is 0 Å². The van der Waals surface area contributed by atoms with Gasteiger partial charge in [0.15, 0.2) is 0 Å². The first-order valence-electron chi connectivity index (χ1n) is 9.23. The molecule has 3 atom stereocenters. The lowest BCUT2D eigenvalue weighted by molar-refractivity contribution is 0.211. The highest BCUT2D eigenvalue weighted by Crippen LogP contribution is 2.37. The Labute approximate surface area is 127 Å². The van der Waals surface area contributed by atoms with Crippen LogP contribution in [-0.2, 0) is 0 Å². The maximum Gasteiger partial charge on any atom is 0.00697 e. The summed E-state index contributed by atoms with van der Waals surface area (Å²) in [5.74, 6) is 1.88. The summed E-state index contributed by atoms with van der Waals surface area (Å²) in [5, 5.41) is 4.00. The van der Waals surface area contributed by atoms with Crippen LogP contribution in [0.15, 0.2) is 0 Å². The van der Waals surface area contributed by atoms with Crippen molar-refractivity contribution in [1.29, 1.82) is 0 Å². The lowest BCUT2D eigenvalue weighted by Crippen LogP contribution is -2.41. The molecule has 0 saturated heterocycles. The zero-order valence-electron chi connectivity index (χ0n) is 14.4. The van der Waals surface area contributed by atoms with Crippen LogP contribution in [0.4, 0.5) is 0 Å². The van der Waals surface area contributed by atoms with Gasteiger partial charge in [-0.25, -0.2) is 0 Å². The SMILES string of the molecule is C[C@@H](NC1CCCC(C(C)(C)C)CC1)C1CCCCC1. The third-order valence-electron chi connectivity index (χ3n) is 6.05. The average Bonchev–Trinajstić information content (AvgIpc) is 2.65. The van der Waals surface area contributed by atoms with Crippen molar-refractivity contribution in [1.82, 2.24) is 5.32 Å². The fourth-order valence-corrected chi connectivity index (χ4v) is 4.48. The van der Waals surface area contributed by atoms with Gasteiger partial charge in [0.1, 0.15) is 0 Å². The first kappa shape index (κ1) is 16.3. The van der Waals surface area contributed by atoms with E-state index >= 15 is 0 Å². The average molecular weight is 280 g/mol. The Bertz CT molecular complexity index is 272. The highest BCUT2D eigenvalue weighted by atomic mass is 14.9. The topological polar surface area (TPSA) is 12.0 Å². The van der Waals surface area contributed by atoms with Crippen molar-refractivity contribution < 1.29 is 0 Å². The van der Waals surface area contributed by atoms with Gasteiger partial charge in [0.2, 0.25) is 0 Å². The molecule has 1 nitrogen and oxygen atoms in total. The van der Waals surface area contributed by atoms with E-state index in [-0.39, 0.29) is 0 Å². The van der Waals surface area contributed by atoms with Crippen LogP contribution >= 0.6 is 0 Å². The Morgan fingerprint density at radius 1 is 0.800 bits per heavy atom. The fourth-order valence-electron chi connectivity index (χ4n) is 4.48. The van der Waals surface area contributed by atoms with Crippen molar-refractivity contribution in [3.8, 4) is 0 Å². The highest BCUT2D eigenvalue weighted by molar-refractivity contribution is 4.84. The van der Waals surface area contributed by atoms with Crippen LogP contribution in [-0.4, -0.2) is 12.1 Å². The maximum atomic E-state index is 4.00. The molecule has 1 heteroatoms. The summed E-state index contributed by atoms with van der Waals surface area (Å²) in [5.41, 5.74) is 0.504. The van der Waals surface area contributed by atoms with Crippen LogP contribution in [0.2, 0.25) is 0 Å². The molecule has 2 saturated carbocycles. The molecule has 0 aromatic carbocycles. The van der Waals surface area contributed by atoms with Gasteiger partial charge in [-0.05, 0) is 62.7 Å². The van der Waals surface area contributed by atoms with Crippen LogP contribution in [0.1, 0.15) is 91.9 Å². The summed E-state index contributed by atoms with van der Waals surface area (Å²) in [6.07, 6.45) is 14.4. The standard InChI is InChI=1S/C19H37N/c1-15(16-9-6-5-7-10-16)20-18-12-8-11-17(13-14-18)19(2,3)4/h15-18,20H,5-14H2,1-4H3/t15-,17?,18?/m1/s1. The van der Waals surface area contributed by atoms with Crippen LogP contribution in [0, 0.1) is 17.3 Å². The molecule has 2 aliphatic carbocycles. The Balaban J connectivity index is 1.78. The lowest BCUT2D eigenvalue weighted by Gasteiger charge is -2.32. The molecule has 0 radical (unpaired) electrons. The Morgan fingerprint density at radius 3 is 2.15 bits per heavy atom. The van der Waals surface area contributed by atoms with Crippen LogP contribution < -0.4 is 5.32 Å². The first-order valence-corrected chi connectivity index (χ1v) is 9.23. The van der Waals surface area contributed by atoms with E-state index in [1.165, 1.54) is 64.2 Å². The van der Waals surface area contributed by atoms with Crippen molar-refractivity contribution in [3.63, 3.8) is 0 Å². The number of hydrogen-bond acceptors (Lipinski definition) is 1. The van der Waals surface area contributed by atoms with Gasteiger partial charge in [-0.3, -0.25) is 0 Å². The maximum absolute atomic E-state index is 4.00. The fraction of sp³-hybridized carbons (Fsp3) is 1.00. The second-order valence-electron chi connectivity index (χ2n) is 8.62. The third kappa shape index (κ3) is 4.76. The molecule has 20 heavy (non-hydrogen) atoms. The minimum absolute atomic E-state index is 0.504. The number of nitrogens with one attached hydrogen (secondary N) is 1. The Morgan fingerprint density at radius 2 is 1.50 bits per heavy atom. The van der Waals surface area contributed by atoms with E-state index in [0.717, 1.165) is 23.9 Å². The quantitative estimate of drug-likeness (QED) is 0.669. The molecule has 2 aliphatic rings. The number of rotatable bonds is 3. The van der Waals surface area contributed by atoms with E-state index in [0.29, 0.717) is 5.41 Å². The molecule has 0 aliphatic heterocycles. The molecule has 2 rings (SSSR count). The summed E-state index contributed by atoms with van der Waals surface area (Å²) < 4.78 is 0. The molecule has 0 aromatic rings. The molecule has 0 amide bonds. The van der Waals surface area contributed by atoms with E-state index in [1.807, 2.05) is 0 Å². The van der Waals surface area contributed by atoms with Crippen molar-refractivity contribution >= 4 is 0 Å². The van der Waals surface area contributed by atoms with Gasteiger partial charge in [0.25, 0.3) is 0 Å². The smallest absolute Gasteiger partial charge is 0.00697 e. The Hall–Kier alpha value is -0.0400. The lowest BCUT2D eigenvalue weighted by atomic mass is 9.76. The molecule has 0 heterocycles. The first-order chi connectivity index (χ1) is 9.47. The van der Waals surface area contributed by atoms with Gasteiger partial charge in [0.05, 0.1) is 0 Å². The minimum Gasteiger partial charge on any atom is -0.311 e. The van der Waals surface area contributed by atoms with Crippen LogP contribution in [0.5, 0.6) is 0 Å². The van der Waals surface area contributed by atoms with Crippen LogP contribution in [0.25, 0.3) is 0 Å². The summed E-state index contributed by atoms with van der Waals surface area (Å²) in [6, 6.07) is 1.53. The van der Waals surface area contributed by atoms with Crippen molar-refractivity contribution in [2.45, 2.75) is 104 Å². The van der Waals surface area contributed by atoms with Crippen molar-refractivity contribution in [2.75, 3.05) is 0 Å². The summed E-state index contributed by atoms with van der Waals surface area (Å²) in [7, 11) is 0. The molecule has 0 bridgehead atoms. The van der Waals surface area contributed by atoms with E-state index in [9.17, 15) is 0 Å². The van der Waals surface area contributed by atoms with E-state index < -0.39 is 0 Å². The molecule has 0 spiro atoms. The van der Waals surface area contributed by atoms with E-state index in [2.05, 4.69) is 33.0 Å². The van der Waals surface area contributed by atoms with E-state index in [4.69, 9.17) is 0 Å². The molecule has 2 fully saturated rings. The van der Waals surface area contributed by atoms with Gasteiger partial charge < -0.3 is 5.32 Å². The van der Waals surface area contributed by atoms with Crippen molar-refractivity contribution in [2.24, 2.45) is 17.3 Å². The second-order valence-corrected chi connectivity index (χ2v) is 8.62. The molecule has 1 N–H and O–H groups in total. The monoisotopic (exact) mass is 279 g/mol. The third-order valence-corrected chi connectivity index (χ3v) is 6.05. The predicted molar refractivity (Wildman–Crippen MR) is 89.0 cm³/mol.